The van der Waals surface area contributed by atoms with Gasteiger partial charge in [0.15, 0.2) is 0 Å². The molecule has 0 spiro atoms. The second kappa shape index (κ2) is 9.22. The van der Waals surface area contributed by atoms with Crippen molar-refractivity contribution in [2.24, 2.45) is 0 Å². The summed E-state index contributed by atoms with van der Waals surface area (Å²) in [7, 11) is 1.02. The van der Waals surface area contributed by atoms with E-state index in [4.69, 9.17) is 0 Å². The summed E-state index contributed by atoms with van der Waals surface area (Å²) < 4.78 is 0. The van der Waals surface area contributed by atoms with E-state index in [2.05, 4.69) is 53.7 Å². The Morgan fingerprint density at radius 2 is 1.17 bits per heavy atom. The van der Waals surface area contributed by atoms with Crippen LogP contribution in [0.5, 0.6) is 0 Å². The highest BCUT2D eigenvalue weighted by Crippen LogP contribution is 2.30. The Morgan fingerprint density at radius 3 is 1.58 bits per heavy atom. The van der Waals surface area contributed by atoms with E-state index in [1.165, 1.54) is 50.5 Å². The van der Waals surface area contributed by atoms with Gasteiger partial charge in [-0.3, -0.25) is 0 Å². The molecule has 0 heterocycles. The number of benzene rings is 1. The highest BCUT2D eigenvalue weighted by atomic mass is 28.2. The molecule has 0 unspecified atom stereocenters. The van der Waals surface area contributed by atoms with Gasteiger partial charge >= 0.3 is 0 Å². The molecule has 1 fully saturated rings. The Balaban J connectivity index is 2.37. The number of hydrogen-bond acceptors (Lipinski definition) is 0. The van der Waals surface area contributed by atoms with Crippen LogP contribution in [-0.4, -0.2) is 9.52 Å². The number of hydrogen-bond donors (Lipinski definition) is 0. The topological polar surface area (TPSA) is 0 Å². The molecule has 1 heteroatoms. The molecular formula is C23H38Si. The third kappa shape index (κ3) is 5.21. The fraction of sp³-hybridized carbons (Fsp3) is 0.739. The average Bonchev–Trinajstić information content (AvgIpc) is 2.48. The maximum atomic E-state index is 2.53. The van der Waals surface area contributed by atoms with Crippen LogP contribution in [-0.2, 0) is 0 Å². The van der Waals surface area contributed by atoms with Crippen molar-refractivity contribution in [3.05, 3.63) is 28.8 Å². The average molecular weight is 343 g/mol. The molecule has 1 saturated carbocycles. The standard InChI is InChI=1S/C23H38Si/c1-16(2)19-14-21(17(3)4)23(22(15-19)18(5)6)24-20-12-10-8-7-9-11-13-20/h14-18,20H,7-13H2,1-6H3. The molecule has 0 nitrogen and oxygen atoms in total. The Labute approximate surface area is 153 Å². The predicted octanol–water partition coefficient (Wildman–Crippen LogP) is 6.92. The second-order valence-electron chi connectivity index (χ2n) is 8.72. The van der Waals surface area contributed by atoms with E-state index in [0.717, 1.165) is 15.1 Å². The smallest absolute Gasteiger partial charge is 0.0587 e. The summed E-state index contributed by atoms with van der Waals surface area (Å²) in [6.07, 6.45) is 10.2. The van der Waals surface area contributed by atoms with Crippen molar-refractivity contribution in [1.29, 1.82) is 0 Å². The van der Waals surface area contributed by atoms with Crippen molar-refractivity contribution in [2.75, 3.05) is 0 Å². The minimum atomic E-state index is 0.624. The lowest BCUT2D eigenvalue weighted by Crippen LogP contribution is -2.30. The Morgan fingerprint density at radius 1 is 0.708 bits per heavy atom. The summed E-state index contributed by atoms with van der Waals surface area (Å²) in [6, 6.07) is 5.07. The van der Waals surface area contributed by atoms with E-state index in [0.29, 0.717) is 17.8 Å². The van der Waals surface area contributed by atoms with Gasteiger partial charge in [0.05, 0.1) is 9.52 Å². The van der Waals surface area contributed by atoms with E-state index in [-0.39, 0.29) is 0 Å². The lowest BCUT2D eigenvalue weighted by molar-refractivity contribution is 0.502. The molecule has 2 radical (unpaired) electrons. The van der Waals surface area contributed by atoms with Gasteiger partial charge in [-0.1, -0.05) is 104 Å². The summed E-state index contributed by atoms with van der Waals surface area (Å²) in [5.74, 6) is 1.90. The Bertz CT molecular complexity index is 476. The highest BCUT2D eigenvalue weighted by molar-refractivity contribution is 6.56. The maximum absolute atomic E-state index is 2.53. The third-order valence-electron chi connectivity index (χ3n) is 5.59. The van der Waals surface area contributed by atoms with E-state index in [1.54, 1.807) is 16.3 Å². The fourth-order valence-corrected chi connectivity index (χ4v) is 6.09. The summed E-state index contributed by atoms with van der Waals surface area (Å²) in [5.41, 5.74) is 5.76. The number of rotatable bonds is 5. The first-order valence-electron chi connectivity index (χ1n) is 10.3. The van der Waals surface area contributed by atoms with Crippen LogP contribution in [0.15, 0.2) is 12.1 Å². The first-order valence-corrected chi connectivity index (χ1v) is 11.4. The Kier molecular flexibility index (Phi) is 7.59. The van der Waals surface area contributed by atoms with Crippen molar-refractivity contribution in [1.82, 2.24) is 0 Å². The van der Waals surface area contributed by atoms with Crippen LogP contribution >= 0.6 is 0 Å². The normalized spacial score (nSPS) is 17.5. The van der Waals surface area contributed by atoms with Gasteiger partial charge in [0.2, 0.25) is 0 Å². The molecule has 134 valence electrons. The van der Waals surface area contributed by atoms with Crippen LogP contribution in [0.1, 0.15) is 121 Å². The van der Waals surface area contributed by atoms with Crippen molar-refractivity contribution in [3.8, 4) is 0 Å². The summed E-state index contributed by atoms with van der Waals surface area (Å²) in [4.78, 5) is 0. The van der Waals surface area contributed by atoms with E-state index >= 15 is 0 Å². The van der Waals surface area contributed by atoms with E-state index < -0.39 is 0 Å². The van der Waals surface area contributed by atoms with Gasteiger partial charge in [0, 0.05) is 0 Å². The quantitative estimate of drug-likeness (QED) is 0.509. The largest absolute Gasteiger partial charge is 0.0850 e. The summed E-state index contributed by atoms with van der Waals surface area (Å²) >= 11 is 0. The highest BCUT2D eigenvalue weighted by Gasteiger charge is 2.21. The molecule has 0 amide bonds. The van der Waals surface area contributed by atoms with Gasteiger partial charge in [-0.2, -0.15) is 0 Å². The van der Waals surface area contributed by atoms with Gasteiger partial charge in [-0.15, -0.1) is 0 Å². The molecule has 0 aromatic heterocycles. The van der Waals surface area contributed by atoms with E-state index in [1.807, 2.05) is 0 Å². The molecule has 1 aliphatic rings. The van der Waals surface area contributed by atoms with Crippen LogP contribution < -0.4 is 5.19 Å². The molecule has 0 saturated heterocycles. The molecular weight excluding hydrogens is 304 g/mol. The minimum absolute atomic E-state index is 0.624. The molecule has 24 heavy (non-hydrogen) atoms. The third-order valence-corrected chi connectivity index (χ3v) is 7.44. The van der Waals surface area contributed by atoms with Gasteiger partial charge in [0.1, 0.15) is 0 Å². The molecule has 0 aliphatic heterocycles. The summed E-state index contributed by atoms with van der Waals surface area (Å²) in [5, 5.41) is 1.73. The van der Waals surface area contributed by atoms with Gasteiger partial charge < -0.3 is 0 Å². The minimum Gasteiger partial charge on any atom is -0.0587 e. The van der Waals surface area contributed by atoms with Crippen molar-refractivity contribution in [3.63, 3.8) is 0 Å². The first kappa shape index (κ1) is 19.8. The Hall–Kier alpha value is -0.563. The lowest BCUT2D eigenvalue weighted by atomic mass is 9.89. The predicted molar refractivity (Wildman–Crippen MR) is 110 cm³/mol. The van der Waals surface area contributed by atoms with Crippen molar-refractivity contribution < 1.29 is 0 Å². The zero-order valence-corrected chi connectivity index (χ0v) is 17.9. The second-order valence-corrected chi connectivity index (χ2v) is 10.3. The van der Waals surface area contributed by atoms with Crippen LogP contribution in [0.3, 0.4) is 0 Å². The molecule has 0 N–H and O–H groups in total. The zero-order chi connectivity index (χ0) is 17.7. The van der Waals surface area contributed by atoms with Gasteiger partial charge in [0.25, 0.3) is 0 Å². The zero-order valence-electron chi connectivity index (χ0n) is 16.9. The molecule has 1 aromatic rings. The van der Waals surface area contributed by atoms with Crippen LogP contribution in [0.2, 0.25) is 5.54 Å². The maximum Gasteiger partial charge on any atom is 0.0850 e. The van der Waals surface area contributed by atoms with Crippen LogP contribution in [0.25, 0.3) is 0 Å². The fourth-order valence-electron chi connectivity index (χ4n) is 3.93. The van der Waals surface area contributed by atoms with Crippen LogP contribution in [0, 0.1) is 0 Å². The van der Waals surface area contributed by atoms with E-state index in [9.17, 15) is 0 Å². The monoisotopic (exact) mass is 342 g/mol. The molecule has 1 aliphatic carbocycles. The molecule has 2 rings (SSSR count). The molecule has 0 atom stereocenters. The van der Waals surface area contributed by atoms with Gasteiger partial charge in [-0.25, -0.2) is 0 Å². The SMILES string of the molecule is CC(C)c1cc(C(C)C)c([Si]C2CCCCCCC2)c(C(C)C)c1. The van der Waals surface area contributed by atoms with Crippen molar-refractivity contribution in [2.45, 2.75) is 110 Å². The van der Waals surface area contributed by atoms with Crippen LogP contribution in [0.4, 0.5) is 0 Å². The van der Waals surface area contributed by atoms with Crippen molar-refractivity contribution >= 4 is 14.7 Å². The van der Waals surface area contributed by atoms with Gasteiger partial charge in [-0.05, 0) is 40.0 Å². The molecule has 0 bridgehead atoms. The summed E-state index contributed by atoms with van der Waals surface area (Å²) in [6.45, 7) is 14.2. The molecule has 1 aromatic carbocycles. The first-order chi connectivity index (χ1) is 11.4. The lowest BCUT2D eigenvalue weighted by Gasteiger charge is -2.26.